The highest BCUT2D eigenvalue weighted by molar-refractivity contribution is 5.79. The molecule has 85 valence electrons. The second-order valence-electron chi connectivity index (χ2n) is 3.90. The van der Waals surface area contributed by atoms with Crippen LogP contribution in [0.1, 0.15) is 0 Å². The summed E-state index contributed by atoms with van der Waals surface area (Å²) in [5, 5.41) is 0. The van der Waals surface area contributed by atoms with Crippen molar-refractivity contribution >= 4 is 0 Å². The van der Waals surface area contributed by atoms with Gasteiger partial charge in [0.05, 0.1) is 11.4 Å². The highest BCUT2D eigenvalue weighted by Crippen LogP contribution is 2.28. The molecule has 0 aliphatic carbocycles. The lowest BCUT2D eigenvalue weighted by molar-refractivity contribution is 1.30. The van der Waals surface area contributed by atoms with Gasteiger partial charge in [-0.25, -0.2) is 0 Å². The van der Waals surface area contributed by atoms with Crippen molar-refractivity contribution in [3.63, 3.8) is 0 Å². The quantitative estimate of drug-likeness (QED) is 0.673. The van der Waals surface area contributed by atoms with Gasteiger partial charge in [-0.3, -0.25) is 9.97 Å². The average Bonchev–Trinajstić information content (AvgIpc) is 2.49. The van der Waals surface area contributed by atoms with E-state index in [4.69, 9.17) is 0 Å². The Morgan fingerprint density at radius 1 is 0.722 bits per heavy atom. The second kappa shape index (κ2) is 4.80. The van der Waals surface area contributed by atoms with Gasteiger partial charge in [-0.1, -0.05) is 24.3 Å². The second-order valence-corrected chi connectivity index (χ2v) is 3.90. The van der Waals surface area contributed by atoms with Crippen LogP contribution < -0.4 is 0 Å². The molecule has 0 saturated carbocycles. The number of benzene rings is 1. The number of pyridine rings is 2. The number of nitrogens with zero attached hydrogens (tertiary/aromatic N) is 2. The molecule has 1 radical (unpaired) electrons. The summed E-state index contributed by atoms with van der Waals surface area (Å²) in [4.78, 5) is 8.78. The molecule has 2 heteroatoms. The van der Waals surface area contributed by atoms with E-state index in [2.05, 4.69) is 16.0 Å². The van der Waals surface area contributed by atoms with Gasteiger partial charge in [0.1, 0.15) is 0 Å². The van der Waals surface area contributed by atoms with Gasteiger partial charge in [0.15, 0.2) is 0 Å². The van der Waals surface area contributed by atoms with Crippen molar-refractivity contribution in [2.75, 3.05) is 0 Å². The molecule has 3 rings (SSSR count). The van der Waals surface area contributed by atoms with Crippen LogP contribution in [-0.2, 0) is 0 Å². The molecule has 3 aromatic rings. The molecule has 0 aliphatic heterocycles. The van der Waals surface area contributed by atoms with E-state index in [9.17, 15) is 0 Å². The summed E-state index contributed by atoms with van der Waals surface area (Å²) in [5.41, 5.74) is 4.02. The maximum absolute atomic E-state index is 4.39. The highest BCUT2D eigenvalue weighted by atomic mass is 14.7. The number of aromatic nitrogens is 2. The van der Waals surface area contributed by atoms with Crippen molar-refractivity contribution in [1.29, 1.82) is 0 Å². The first-order chi connectivity index (χ1) is 8.95. The maximum atomic E-state index is 4.39. The summed E-state index contributed by atoms with van der Waals surface area (Å²) in [6.45, 7) is 0. The third-order valence-corrected chi connectivity index (χ3v) is 2.75. The summed E-state index contributed by atoms with van der Waals surface area (Å²) in [6.07, 6.45) is 3.60. The Morgan fingerprint density at radius 2 is 1.39 bits per heavy atom. The van der Waals surface area contributed by atoms with E-state index in [0.29, 0.717) is 0 Å². The lowest BCUT2D eigenvalue weighted by atomic mass is 10.0. The summed E-state index contributed by atoms with van der Waals surface area (Å²) in [5.74, 6) is 0. The van der Waals surface area contributed by atoms with Crippen LogP contribution in [0.3, 0.4) is 0 Å². The largest absolute Gasteiger partial charge is 0.256 e. The Labute approximate surface area is 106 Å². The van der Waals surface area contributed by atoms with Crippen molar-refractivity contribution in [2.24, 2.45) is 0 Å². The molecule has 0 saturated heterocycles. The first kappa shape index (κ1) is 10.7. The van der Waals surface area contributed by atoms with Crippen LogP contribution in [0.25, 0.3) is 22.5 Å². The lowest BCUT2D eigenvalue weighted by Gasteiger charge is -2.07. The molecule has 0 N–H and O–H groups in total. The van der Waals surface area contributed by atoms with Gasteiger partial charge < -0.3 is 0 Å². The van der Waals surface area contributed by atoms with Gasteiger partial charge in [-0.2, -0.15) is 0 Å². The molecule has 18 heavy (non-hydrogen) atoms. The number of hydrogen-bond donors (Lipinski definition) is 0. The first-order valence-corrected chi connectivity index (χ1v) is 5.78. The van der Waals surface area contributed by atoms with Crippen molar-refractivity contribution in [2.45, 2.75) is 0 Å². The Balaban J connectivity index is 2.18. The van der Waals surface area contributed by atoms with Crippen molar-refractivity contribution in [1.82, 2.24) is 9.97 Å². The van der Waals surface area contributed by atoms with Crippen LogP contribution in [0, 0.1) is 6.07 Å². The van der Waals surface area contributed by atoms with Gasteiger partial charge in [0, 0.05) is 23.5 Å². The Bertz CT molecular complexity index is 575. The molecule has 0 spiro atoms. The van der Waals surface area contributed by atoms with Crippen LogP contribution in [-0.4, -0.2) is 9.97 Å². The van der Waals surface area contributed by atoms with Gasteiger partial charge in [0.25, 0.3) is 0 Å². The zero-order chi connectivity index (χ0) is 12.2. The minimum absolute atomic E-state index is 0.940. The molecular weight excluding hydrogens is 220 g/mol. The molecule has 0 atom stereocenters. The van der Waals surface area contributed by atoms with E-state index >= 15 is 0 Å². The van der Waals surface area contributed by atoms with Crippen LogP contribution in [0.15, 0.2) is 67.0 Å². The van der Waals surface area contributed by atoms with E-state index in [0.717, 1.165) is 22.5 Å². The van der Waals surface area contributed by atoms with E-state index < -0.39 is 0 Å². The third kappa shape index (κ3) is 2.00. The van der Waals surface area contributed by atoms with Crippen LogP contribution in [0.2, 0.25) is 0 Å². The van der Waals surface area contributed by atoms with Gasteiger partial charge in [0.2, 0.25) is 0 Å². The Morgan fingerprint density at radius 3 is 2.00 bits per heavy atom. The fourth-order valence-electron chi connectivity index (χ4n) is 1.91. The third-order valence-electron chi connectivity index (χ3n) is 2.75. The van der Waals surface area contributed by atoms with Crippen LogP contribution in [0.5, 0.6) is 0 Å². The monoisotopic (exact) mass is 231 g/mol. The first-order valence-electron chi connectivity index (χ1n) is 5.78. The van der Waals surface area contributed by atoms with E-state index in [1.807, 2.05) is 54.6 Å². The normalized spacial score (nSPS) is 10.2. The van der Waals surface area contributed by atoms with E-state index in [-0.39, 0.29) is 0 Å². The van der Waals surface area contributed by atoms with Crippen molar-refractivity contribution in [3.05, 3.63) is 73.1 Å². The van der Waals surface area contributed by atoms with E-state index in [1.54, 1.807) is 12.4 Å². The van der Waals surface area contributed by atoms with Gasteiger partial charge >= 0.3 is 0 Å². The smallest absolute Gasteiger partial charge is 0.0708 e. The summed E-state index contributed by atoms with van der Waals surface area (Å²) in [7, 11) is 0. The summed E-state index contributed by atoms with van der Waals surface area (Å²) in [6, 6.07) is 20.8. The molecule has 1 aromatic carbocycles. The molecular formula is C16H11N2. The maximum Gasteiger partial charge on any atom is 0.0708 e. The molecule has 0 amide bonds. The minimum Gasteiger partial charge on any atom is -0.256 e. The zero-order valence-corrected chi connectivity index (χ0v) is 9.75. The molecule has 2 heterocycles. The Kier molecular flexibility index (Phi) is 2.84. The molecule has 2 aromatic heterocycles. The zero-order valence-electron chi connectivity index (χ0n) is 9.75. The lowest BCUT2D eigenvalue weighted by Crippen LogP contribution is -1.89. The summed E-state index contributed by atoms with van der Waals surface area (Å²) < 4.78 is 0. The average molecular weight is 231 g/mol. The molecule has 0 unspecified atom stereocenters. The number of hydrogen-bond acceptors (Lipinski definition) is 2. The molecule has 0 aliphatic rings. The Hall–Kier alpha value is -2.48. The van der Waals surface area contributed by atoms with Gasteiger partial charge in [-0.05, 0) is 36.4 Å². The van der Waals surface area contributed by atoms with Gasteiger partial charge in [-0.15, -0.1) is 0 Å². The van der Waals surface area contributed by atoms with Crippen LogP contribution >= 0.6 is 0 Å². The molecule has 0 bridgehead atoms. The highest BCUT2D eigenvalue weighted by Gasteiger charge is 2.07. The topological polar surface area (TPSA) is 25.8 Å². The van der Waals surface area contributed by atoms with E-state index in [1.165, 1.54) is 0 Å². The SMILES string of the molecule is [c]1ccc(-c2ccccn2)c(-c2ccccn2)c1. The fraction of sp³-hybridized carbons (Fsp3) is 0. The molecule has 0 fully saturated rings. The predicted octanol–water partition coefficient (Wildman–Crippen LogP) is 3.61. The van der Waals surface area contributed by atoms with Crippen molar-refractivity contribution in [3.8, 4) is 22.5 Å². The van der Waals surface area contributed by atoms with Crippen LogP contribution in [0.4, 0.5) is 0 Å². The molecule has 2 nitrogen and oxygen atoms in total. The van der Waals surface area contributed by atoms with Crippen molar-refractivity contribution < 1.29 is 0 Å². The minimum atomic E-state index is 0.940. The summed E-state index contributed by atoms with van der Waals surface area (Å²) >= 11 is 0. The standard InChI is InChI=1S/C16H11N2/c1-2-8-14(16-10-4-6-12-18-16)13(7-1)15-9-3-5-11-17-15/h1,3-12H. The number of rotatable bonds is 2. The predicted molar refractivity (Wildman–Crippen MR) is 71.7 cm³/mol. The fourth-order valence-corrected chi connectivity index (χ4v) is 1.91.